The first-order valence-corrected chi connectivity index (χ1v) is 6.69. The fourth-order valence-corrected chi connectivity index (χ4v) is 2.72. The molecule has 3 nitrogen and oxygen atoms in total. The van der Waals surface area contributed by atoms with E-state index in [2.05, 4.69) is 23.7 Å². The molecule has 88 valence electrons. The van der Waals surface area contributed by atoms with Crippen molar-refractivity contribution < 1.29 is 4.79 Å². The smallest absolute Gasteiger partial charge is 0.317 e. The van der Waals surface area contributed by atoms with Crippen molar-refractivity contribution in [3.63, 3.8) is 0 Å². The minimum atomic E-state index is 0.0752. The predicted molar refractivity (Wildman–Crippen MR) is 66.7 cm³/mol. The molecular weight excluding hydrogens is 220 g/mol. The van der Waals surface area contributed by atoms with E-state index in [9.17, 15) is 4.79 Å². The molecule has 0 aliphatic carbocycles. The molecule has 1 aromatic heterocycles. The van der Waals surface area contributed by atoms with Gasteiger partial charge in [0.15, 0.2) is 0 Å². The Kier molecular flexibility index (Phi) is 3.49. The Morgan fingerprint density at radius 3 is 3.25 bits per heavy atom. The van der Waals surface area contributed by atoms with E-state index in [1.54, 1.807) is 11.3 Å². The van der Waals surface area contributed by atoms with E-state index in [4.69, 9.17) is 0 Å². The van der Waals surface area contributed by atoms with Crippen LogP contribution in [0.3, 0.4) is 0 Å². The summed E-state index contributed by atoms with van der Waals surface area (Å²) in [5.41, 5.74) is 1.32. The summed E-state index contributed by atoms with van der Waals surface area (Å²) in [5, 5.41) is 5.12. The highest BCUT2D eigenvalue weighted by Crippen LogP contribution is 2.23. The molecule has 0 saturated carbocycles. The van der Waals surface area contributed by atoms with Crippen molar-refractivity contribution in [3.05, 3.63) is 21.9 Å². The van der Waals surface area contributed by atoms with Crippen LogP contribution in [0, 0.1) is 0 Å². The SMILES string of the molecule is CCC(C)NC(=O)N1CCc2sccc2C1. The summed E-state index contributed by atoms with van der Waals surface area (Å²) in [4.78, 5) is 15.3. The molecule has 4 heteroatoms. The van der Waals surface area contributed by atoms with E-state index < -0.39 is 0 Å². The first-order chi connectivity index (χ1) is 7.70. The lowest BCUT2D eigenvalue weighted by Gasteiger charge is -2.28. The number of urea groups is 1. The van der Waals surface area contributed by atoms with Gasteiger partial charge in [-0.15, -0.1) is 11.3 Å². The lowest BCUT2D eigenvalue weighted by molar-refractivity contribution is 0.189. The van der Waals surface area contributed by atoms with Gasteiger partial charge in [-0.25, -0.2) is 4.79 Å². The van der Waals surface area contributed by atoms with Crippen LogP contribution < -0.4 is 5.32 Å². The third kappa shape index (κ3) is 2.38. The lowest BCUT2D eigenvalue weighted by Crippen LogP contribution is -2.45. The largest absolute Gasteiger partial charge is 0.336 e. The highest BCUT2D eigenvalue weighted by atomic mass is 32.1. The average Bonchev–Trinajstić information content (AvgIpc) is 2.75. The molecule has 2 rings (SSSR count). The summed E-state index contributed by atoms with van der Waals surface area (Å²) >= 11 is 1.80. The number of nitrogens with one attached hydrogen (secondary N) is 1. The molecule has 1 aliphatic rings. The molecule has 0 bridgehead atoms. The number of hydrogen-bond acceptors (Lipinski definition) is 2. The summed E-state index contributed by atoms with van der Waals surface area (Å²) < 4.78 is 0. The Bertz CT molecular complexity index is 375. The molecule has 1 aliphatic heterocycles. The second kappa shape index (κ2) is 4.87. The van der Waals surface area contributed by atoms with Crippen molar-refractivity contribution in [1.82, 2.24) is 10.2 Å². The van der Waals surface area contributed by atoms with Crippen LogP contribution in [-0.4, -0.2) is 23.5 Å². The Balaban J connectivity index is 1.95. The van der Waals surface area contributed by atoms with Crippen molar-refractivity contribution in [3.8, 4) is 0 Å². The Morgan fingerprint density at radius 1 is 1.69 bits per heavy atom. The number of fused-ring (bicyclic) bond motifs is 1. The number of rotatable bonds is 2. The van der Waals surface area contributed by atoms with E-state index in [-0.39, 0.29) is 12.1 Å². The normalized spacial score (nSPS) is 16.8. The van der Waals surface area contributed by atoms with Gasteiger partial charge in [0.05, 0.1) is 0 Å². The van der Waals surface area contributed by atoms with Crippen LogP contribution in [0.25, 0.3) is 0 Å². The van der Waals surface area contributed by atoms with Gasteiger partial charge in [0.2, 0.25) is 0 Å². The van der Waals surface area contributed by atoms with Crippen LogP contribution in [0.15, 0.2) is 11.4 Å². The fraction of sp³-hybridized carbons (Fsp3) is 0.583. The summed E-state index contributed by atoms with van der Waals surface area (Å²) in [5.74, 6) is 0. The summed E-state index contributed by atoms with van der Waals surface area (Å²) in [7, 11) is 0. The maximum atomic E-state index is 11.9. The van der Waals surface area contributed by atoms with Gasteiger partial charge in [-0.2, -0.15) is 0 Å². The van der Waals surface area contributed by atoms with Crippen molar-refractivity contribution in [2.75, 3.05) is 6.54 Å². The van der Waals surface area contributed by atoms with Gasteiger partial charge in [-0.1, -0.05) is 6.92 Å². The number of thiophene rings is 1. The fourth-order valence-electron chi connectivity index (χ4n) is 1.83. The van der Waals surface area contributed by atoms with Crippen molar-refractivity contribution >= 4 is 17.4 Å². The first-order valence-electron chi connectivity index (χ1n) is 5.81. The van der Waals surface area contributed by atoms with Gasteiger partial charge in [0.25, 0.3) is 0 Å². The standard InChI is InChI=1S/C12H18N2OS/c1-3-9(2)13-12(15)14-6-4-11-10(8-14)5-7-16-11/h5,7,9H,3-4,6,8H2,1-2H3,(H,13,15). The summed E-state index contributed by atoms with van der Waals surface area (Å²) in [6, 6.07) is 2.46. The average molecular weight is 238 g/mol. The van der Waals surface area contributed by atoms with Crippen molar-refractivity contribution in [2.45, 2.75) is 39.3 Å². The van der Waals surface area contributed by atoms with Crippen molar-refractivity contribution in [1.29, 1.82) is 0 Å². The first kappa shape index (κ1) is 11.5. The second-order valence-electron chi connectivity index (χ2n) is 4.30. The van der Waals surface area contributed by atoms with Gasteiger partial charge in [0, 0.05) is 24.0 Å². The molecule has 16 heavy (non-hydrogen) atoms. The van der Waals surface area contributed by atoms with Crippen LogP contribution in [-0.2, 0) is 13.0 Å². The molecule has 0 aromatic carbocycles. The third-order valence-electron chi connectivity index (χ3n) is 3.08. The molecular formula is C12H18N2OS. The number of hydrogen-bond donors (Lipinski definition) is 1. The molecule has 0 fully saturated rings. The van der Waals surface area contributed by atoms with Crippen LogP contribution in [0.5, 0.6) is 0 Å². The monoisotopic (exact) mass is 238 g/mol. The highest BCUT2D eigenvalue weighted by molar-refractivity contribution is 7.10. The summed E-state index contributed by atoms with van der Waals surface area (Å²) in [6.45, 7) is 5.73. The molecule has 0 saturated heterocycles. The third-order valence-corrected chi connectivity index (χ3v) is 4.10. The van der Waals surface area contributed by atoms with Crippen LogP contribution in [0.4, 0.5) is 4.79 Å². The lowest BCUT2D eigenvalue weighted by atomic mass is 10.1. The topological polar surface area (TPSA) is 32.3 Å². The van der Waals surface area contributed by atoms with Crippen LogP contribution in [0.1, 0.15) is 30.7 Å². The molecule has 2 amide bonds. The zero-order valence-electron chi connectivity index (χ0n) is 9.82. The van der Waals surface area contributed by atoms with E-state index in [0.29, 0.717) is 0 Å². The Labute approximate surface area is 100 Å². The Morgan fingerprint density at radius 2 is 2.50 bits per heavy atom. The minimum Gasteiger partial charge on any atom is -0.336 e. The van der Waals surface area contributed by atoms with Crippen LogP contribution in [0.2, 0.25) is 0 Å². The van der Waals surface area contributed by atoms with Gasteiger partial charge in [-0.3, -0.25) is 0 Å². The quantitative estimate of drug-likeness (QED) is 0.844. The molecule has 0 radical (unpaired) electrons. The Hall–Kier alpha value is -1.03. The second-order valence-corrected chi connectivity index (χ2v) is 5.30. The minimum absolute atomic E-state index is 0.0752. The number of carbonyl (C=O) groups excluding carboxylic acids is 1. The molecule has 1 N–H and O–H groups in total. The maximum Gasteiger partial charge on any atom is 0.317 e. The number of amides is 2. The molecule has 1 atom stereocenters. The predicted octanol–water partition coefficient (Wildman–Crippen LogP) is 2.61. The molecule has 0 spiro atoms. The molecule has 1 unspecified atom stereocenters. The van der Waals surface area contributed by atoms with E-state index in [1.807, 2.05) is 11.8 Å². The summed E-state index contributed by atoms with van der Waals surface area (Å²) in [6.07, 6.45) is 1.98. The van der Waals surface area contributed by atoms with E-state index in [1.165, 1.54) is 10.4 Å². The zero-order chi connectivity index (χ0) is 11.5. The van der Waals surface area contributed by atoms with Gasteiger partial charge in [0.1, 0.15) is 0 Å². The molecule has 2 heterocycles. The molecule has 1 aromatic rings. The van der Waals surface area contributed by atoms with Gasteiger partial charge < -0.3 is 10.2 Å². The maximum absolute atomic E-state index is 11.9. The van der Waals surface area contributed by atoms with Crippen LogP contribution >= 0.6 is 11.3 Å². The van der Waals surface area contributed by atoms with Crippen molar-refractivity contribution in [2.24, 2.45) is 0 Å². The van der Waals surface area contributed by atoms with E-state index >= 15 is 0 Å². The number of carbonyl (C=O) groups is 1. The van der Waals surface area contributed by atoms with E-state index in [0.717, 1.165) is 25.9 Å². The van der Waals surface area contributed by atoms with Gasteiger partial charge >= 0.3 is 6.03 Å². The number of nitrogens with zero attached hydrogens (tertiary/aromatic N) is 1. The zero-order valence-corrected chi connectivity index (χ0v) is 10.6. The highest BCUT2D eigenvalue weighted by Gasteiger charge is 2.21. The van der Waals surface area contributed by atoms with Gasteiger partial charge in [-0.05, 0) is 36.8 Å².